The molecule has 10 unspecified atom stereocenters. The van der Waals surface area contributed by atoms with Crippen molar-refractivity contribution in [3.8, 4) is 124 Å². The van der Waals surface area contributed by atoms with Gasteiger partial charge in [-0.2, -0.15) is 5.10 Å². The largest absolute Gasteiger partial charge is 0.496 e. The highest BCUT2D eigenvalue weighted by Crippen LogP contribution is 2.48. The maximum absolute atomic E-state index is 14.8. The summed E-state index contributed by atoms with van der Waals surface area (Å²) >= 11 is 25.5. The molecule has 5 aliphatic rings. The summed E-state index contributed by atoms with van der Waals surface area (Å²) in [5.41, 5.74) is 15.6. The third-order valence-electron chi connectivity index (χ3n) is 23.1. The summed E-state index contributed by atoms with van der Waals surface area (Å²) < 4.78 is 42.2. The Kier molecular flexibility index (Phi) is 30.8. The number of halogens is 6. The van der Waals surface area contributed by atoms with E-state index >= 15 is 0 Å². The molecule has 3 aromatic heterocycles. The van der Waals surface area contributed by atoms with Gasteiger partial charge < -0.3 is 9.47 Å². The number of hydrogen-bond acceptors (Lipinski definition) is 15. The van der Waals surface area contributed by atoms with E-state index < -0.39 is 64.9 Å². The average molecular weight is 1770 g/mol. The maximum Gasteiger partial charge on any atom is 0.152 e. The first-order valence-corrected chi connectivity index (χ1v) is 42.0. The number of methoxy groups -OCH3 is 2. The highest BCUT2D eigenvalue weighted by atomic mass is 35.5. The number of hydrogen-bond donors (Lipinski definition) is 0. The van der Waals surface area contributed by atoms with Crippen LogP contribution in [0.1, 0.15) is 161 Å². The van der Waals surface area contributed by atoms with Crippen LogP contribution in [-0.4, -0.2) is 91.8 Å². The smallest absolute Gasteiger partial charge is 0.152 e. The van der Waals surface area contributed by atoms with Gasteiger partial charge in [0.1, 0.15) is 81.6 Å². The van der Waals surface area contributed by atoms with Gasteiger partial charge in [-0.3, -0.25) is 57.9 Å². The van der Waals surface area contributed by atoms with E-state index in [-0.39, 0.29) is 143 Å². The van der Waals surface area contributed by atoms with Gasteiger partial charge in [0.2, 0.25) is 0 Å². The van der Waals surface area contributed by atoms with Gasteiger partial charge >= 0.3 is 0 Å². The van der Waals surface area contributed by atoms with E-state index in [4.69, 9.17) is 88.0 Å². The van der Waals surface area contributed by atoms with Crippen molar-refractivity contribution < 1.29 is 66.2 Å². The van der Waals surface area contributed by atoms with E-state index in [0.29, 0.717) is 55.9 Å². The number of ether oxygens (including phenoxy) is 2. The van der Waals surface area contributed by atoms with Crippen molar-refractivity contribution in [3.63, 3.8) is 0 Å². The number of pyridine rings is 2. The molecule has 0 spiro atoms. The zero-order valence-corrected chi connectivity index (χ0v) is 73.7. The lowest BCUT2D eigenvalue weighted by Gasteiger charge is -2.17. The van der Waals surface area contributed by atoms with Crippen molar-refractivity contribution in [2.75, 3.05) is 14.2 Å². The summed E-state index contributed by atoms with van der Waals surface area (Å²) in [6, 6.07) is 39.8. The van der Waals surface area contributed by atoms with Crippen molar-refractivity contribution in [2.24, 2.45) is 29.6 Å². The number of aryl methyl sites for hydroxylation is 7. The summed E-state index contributed by atoms with van der Waals surface area (Å²) in [6.45, 7) is 13.7. The molecule has 0 aliphatic heterocycles. The zero-order chi connectivity index (χ0) is 91.4. The fourth-order valence-corrected chi connectivity index (χ4v) is 17.9. The highest BCUT2D eigenvalue weighted by Gasteiger charge is 2.49. The van der Waals surface area contributed by atoms with Gasteiger partial charge in [-0.25, -0.2) is 13.5 Å². The molecule has 5 saturated carbocycles. The summed E-state index contributed by atoms with van der Waals surface area (Å²) in [5, 5.41) is 5.12. The molecule has 0 N–H and O–H groups in total. The molecule has 638 valence electrons. The van der Waals surface area contributed by atoms with Crippen LogP contribution >= 0.6 is 46.4 Å². The molecule has 0 saturated heterocycles. The number of nitrogens with zero attached hydrogens (tertiary/aromatic N) is 4. The predicted molar refractivity (Wildman–Crippen MR) is 484 cm³/mol. The van der Waals surface area contributed by atoms with Crippen LogP contribution in [0.25, 0.3) is 50.5 Å². The summed E-state index contributed by atoms with van der Waals surface area (Å²) in [5.74, 6) is 2.52. The highest BCUT2D eigenvalue weighted by molar-refractivity contribution is 6.35. The van der Waals surface area contributed by atoms with Gasteiger partial charge in [-0.05, 0) is 177 Å². The molecule has 16 nitrogen and oxygen atoms in total. The minimum Gasteiger partial charge on any atom is -0.496 e. The Balaban J connectivity index is 0.000000153. The van der Waals surface area contributed by atoms with Crippen LogP contribution in [0, 0.1) is 151 Å². The quantitative estimate of drug-likeness (QED) is 0.0609. The van der Waals surface area contributed by atoms with Crippen molar-refractivity contribution in [2.45, 2.75) is 142 Å². The Morgan fingerprint density at radius 3 is 0.937 bits per heavy atom. The van der Waals surface area contributed by atoms with Crippen molar-refractivity contribution in [1.29, 1.82) is 0 Å². The van der Waals surface area contributed by atoms with Gasteiger partial charge in [-0.1, -0.05) is 118 Å². The second kappa shape index (κ2) is 41.3. The normalized spacial score (nSPS) is 19.8. The first-order valence-electron chi connectivity index (χ1n) is 40.5. The molecule has 0 radical (unpaired) electrons. The second-order valence-corrected chi connectivity index (χ2v) is 33.7. The van der Waals surface area contributed by atoms with Crippen LogP contribution in [-0.2, 0) is 47.9 Å². The Bertz CT molecular complexity index is 5860. The van der Waals surface area contributed by atoms with Gasteiger partial charge in [0.25, 0.3) is 0 Å². The van der Waals surface area contributed by atoms with E-state index in [1.54, 1.807) is 53.6 Å². The lowest BCUT2D eigenvalue weighted by molar-refractivity contribution is -0.126. The van der Waals surface area contributed by atoms with E-state index in [0.717, 1.165) is 78.1 Å². The van der Waals surface area contributed by atoms with Crippen molar-refractivity contribution in [3.05, 3.63) is 257 Å². The number of carbonyl (C=O) groups is 10. The monoisotopic (exact) mass is 1760 g/mol. The molecule has 0 bridgehead atoms. The lowest BCUT2D eigenvalue weighted by Crippen LogP contribution is -2.18. The Morgan fingerprint density at radius 1 is 0.349 bits per heavy atom. The lowest BCUT2D eigenvalue weighted by atomic mass is 9.87. The summed E-state index contributed by atoms with van der Waals surface area (Å²) in [4.78, 5) is 133. The maximum atomic E-state index is 14.8. The van der Waals surface area contributed by atoms with E-state index in [1.165, 1.54) is 32.4 Å². The number of rotatable bonds is 17. The standard InChI is InChI=1S/C22H19ClO3.C21H16ClFO2.C21H18ClNO3.C20H15ClFNO2.C20H20N2O2/c1-4-5-15-11-18(24)21(22(15)25)20-17(23)10-16(12-19(20)26-3)14-8-6-13(2)7-9-14;1-3-4-14-11-18(24)20(21(14)25)19-16(22)9-15(10-17(19)23)13-7-5-12(2)6-8-13;1-4-5-13-9-17(24)20(21(13)25)19-15(22)8-14(10-18(19)26-3)16-7-6-12(2)11-23-16;1-3-4-12-9-17(24)19(20(12)25)18-14(21)7-13(8-15(18)22)16-6-5-11(2)10-23-16;1-5-6-15-9-17(23)19(20(15)24)18-13(3)7-16(8-14(18)4)22-11-12(2)10-21-22/h1,6-10,12,15,21H,5,11H2,2-3H3;1,5-10,14,20H,4,11H2,2H3;1,6-8,10-11,13,20H,5,9H2,2-3H3;1,5-8,10,12,19H,4,9H2,2H3;1,7-8,10-11,15,19H,6,9H2,2-4H3. The minimum absolute atomic E-state index is 0.0193. The number of benzene rings is 7. The SMILES string of the molecule is C#CCC1CC(=O)C(c2c(C)cc(-n3cc(C)cn3)cc2C)C1=O.C#CCC1CC(=O)C(c2c(Cl)cc(-c3ccc(C)cc3)cc2OC)C1=O.C#CCC1CC(=O)C(c2c(Cl)cc(-c3ccc(C)cn3)cc2OC)C1=O.C#CCC1CC(=O)C(c2c(F)cc(-c3ccc(C)cc3)cc2Cl)C1=O.C#CCC1CC(=O)C(c2c(F)cc(-c3ccc(C)cn3)cc2Cl)C1=O. The summed E-state index contributed by atoms with van der Waals surface area (Å²) in [7, 11) is 3.00. The number of carbonyl (C=O) groups excluding carboxylic acids is 10. The molecule has 7 aromatic carbocycles. The van der Waals surface area contributed by atoms with Crippen LogP contribution in [0.2, 0.25) is 20.1 Å². The van der Waals surface area contributed by atoms with Crippen molar-refractivity contribution in [1.82, 2.24) is 19.7 Å². The third-order valence-corrected chi connectivity index (χ3v) is 24.3. The fraction of sp³-hybridized carbons (Fsp3) is 0.279. The van der Waals surface area contributed by atoms with Gasteiger partial charge in [0.15, 0.2) is 28.9 Å². The molecular formula is C104H88Cl4F2N4O12. The van der Waals surface area contributed by atoms with Crippen LogP contribution in [0.4, 0.5) is 8.78 Å². The Labute approximate surface area is 751 Å². The van der Waals surface area contributed by atoms with E-state index in [1.807, 2.05) is 140 Å². The molecule has 5 fully saturated rings. The molecule has 126 heavy (non-hydrogen) atoms. The van der Waals surface area contributed by atoms with E-state index in [2.05, 4.69) is 44.7 Å². The number of Topliss-reactive ketones (excluding diaryl/α,β-unsaturated/α-hetero) is 10. The Hall–Kier alpha value is -12.8. The number of aromatic nitrogens is 4. The van der Waals surface area contributed by atoms with Crippen LogP contribution in [0.5, 0.6) is 11.5 Å². The van der Waals surface area contributed by atoms with E-state index in [9.17, 15) is 56.7 Å². The molecular weight excluding hydrogens is 1680 g/mol. The van der Waals surface area contributed by atoms with Gasteiger partial charge in [0, 0.05) is 166 Å². The Morgan fingerprint density at radius 2 is 0.635 bits per heavy atom. The number of terminal acetylenes is 5. The number of ketones is 10. The predicted octanol–water partition coefficient (Wildman–Crippen LogP) is 20.5. The molecule has 15 rings (SSSR count). The first-order chi connectivity index (χ1) is 60.2. The average Bonchev–Trinajstić information content (AvgIpc) is 1.58. The van der Waals surface area contributed by atoms with Crippen LogP contribution in [0.3, 0.4) is 0 Å². The molecule has 0 amide bonds. The van der Waals surface area contributed by atoms with Gasteiger partial charge in [0.05, 0.1) is 37.5 Å². The van der Waals surface area contributed by atoms with Crippen molar-refractivity contribution >= 4 is 104 Å². The molecule has 3 heterocycles. The topological polar surface area (TPSA) is 233 Å². The first kappa shape index (κ1) is 93.9. The molecule has 10 atom stereocenters. The molecule has 22 heteroatoms. The fourth-order valence-electron chi connectivity index (χ4n) is 16.7. The summed E-state index contributed by atoms with van der Waals surface area (Å²) in [6.07, 6.45) is 35.5. The third kappa shape index (κ3) is 20.7. The molecule has 10 aromatic rings. The molecule has 5 aliphatic carbocycles. The second-order valence-electron chi connectivity index (χ2n) is 32.0. The van der Waals surface area contributed by atoms with Crippen LogP contribution in [0.15, 0.2) is 158 Å². The zero-order valence-electron chi connectivity index (χ0n) is 70.7. The van der Waals surface area contributed by atoms with Crippen LogP contribution < -0.4 is 9.47 Å². The van der Waals surface area contributed by atoms with Gasteiger partial charge in [-0.15, -0.1) is 61.7 Å². The minimum atomic E-state index is -1.18.